The summed E-state index contributed by atoms with van der Waals surface area (Å²) in [7, 11) is 0. The Labute approximate surface area is 178 Å². The highest BCUT2D eigenvalue weighted by atomic mass is 35.5. The van der Waals surface area contributed by atoms with Crippen LogP contribution >= 0.6 is 11.6 Å². The minimum Gasteiger partial charge on any atom is -0.490 e. The summed E-state index contributed by atoms with van der Waals surface area (Å²) in [6, 6.07) is 12.2. The molecule has 3 unspecified atom stereocenters. The maximum atomic E-state index is 13.7. The fourth-order valence-electron chi connectivity index (χ4n) is 5.45. The molecule has 152 valence electrons. The molecule has 0 spiro atoms. The zero-order valence-corrected chi connectivity index (χ0v) is 17.2. The van der Waals surface area contributed by atoms with Crippen LogP contribution in [0.15, 0.2) is 48.7 Å². The van der Waals surface area contributed by atoms with Gasteiger partial charge in [-0.05, 0) is 73.1 Å². The number of rotatable bonds is 4. The predicted octanol–water partition coefficient (Wildman–Crippen LogP) is 6.11. The molecule has 0 bridgehead atoms. The monoisotopic (exact) mass is 421 g/mol. The first-order valence-electron chi connectivity index (χ1n) is 10.4. The largest absolute Gasteiger partial charge is 0.490 e. The Kier molecular flexibility index (Phi) is 4.03. The van der Waals surface area contributed by atoms with Crippen molar-refractivity contribution >= 4 is 33.5 Å². The minimum absolute atomic E-state index is 0.173. The van der Waals surface area contributed by atoms with Crippen molar-refractivity contribution in [2.45, 2.75) is 31.8 Å². The summed E-state index contributed by atoms with van der Waals surface area (Å²) in [5.74, 6) is 3.83. The number of fused-ring (bicyclic) bond motifs is 3. The summed E-state index contributed by atoms with van der Waals surface area (Å²) in [5, 5.41) is 1.46. The molecule has 1 N–H and O–H groups in total. The Morgan fingerprint density at radius 2 is 1.90 bits per heavy atom. The van der Waals surface area contributed by atoms with Crippen LogP contribution in [-0.4, -0.2) is 21.1 Å². The van der Waals surface area contributed by atoms with Gasteiger partial charge in [0.25, 0.3) is 0 Å². The molecule has 6 heteroatoms. The number of imidazole rings is 1. The van der Waals surface area contributed by atoms with Crippen molar-refractivity contribution in [2.24, 2.45) is 17.8 Å². The number of pyridine rings is 1. The molecule has 2 aliphatic rings. The van der Waals surface area contributed by atoms with E-state index >= 15 is 0 Å². The Balaban J connectivity index is 1.16. The molecule has 6 rings (SSSR count). The van der Waals surface area contributed by atoms with Gasteiger partial charge in [-0.3, -0.25) is 4.98 Å². The molecule has 2 fully saturated rings. The van der Waals surface area contributed by atoms with Crippen LogP contribution < -0.4 is 4.74 Å². The van der Waals surface area contributed by atoms with Crippen molar-refractivity contribution < 1.29 is 9.13 Å². The van der Waals surface area contributed by atoms with E-state index in [9.17, 15) is 4.39 Å². The Hall–Kier alpha value is -2.66. The molecular weight excluding hydrogens is 401 g/mol. The van der Waals surface area contributed by atoms with Crippen molar-refractivity contribution in [3.63, 3.8) is 0 Å². The lowest BCUT2D eigenvalue weighted by Gasteiger charge is -2.19. The molecule has 0 aliphatic heterocycles. The Bertz CT molecular complexity index is 1260. The molecule has 2 saturated carbocycles. The number of H-pyrrole nitrogens is 1. The lowest BCUT2D eigenvalue weighted by molar-refractivity contribution is 0.186. The van der Waals surface area contributed by atoms with Gasteiger partial charge in [-0.1, -0.05) is 18.5 Å². The van der Waals surface area contributed by atoms with E-state index in [0.717, 1.165) is 51.4 Å². The first-order chi connectivity index (χ1) is 14.6. The standard InChI is InChI=1S/C24H21ClFN3O/c1-12(24-28-20-4-2-13(25)8-21(20)29-24)23-16-10-15(11-17(16)23)30-22-6-7-27-19-5-3-14(26)9-18(19)22/h2-9,12,15-17,23H,10-11H2,1H3,(H,28,29)/t12?,15?,16-,17+,23?. The van der Waals surface area contributed by atoms with Gasteiger partial charge < -0.3 is 9.72 Å². The normalized spacial score (nSPS) is 26.1. The number of hydrogen-bond donors (Lipinski definition) is 1. The van der Waals surface area contributed by atoms with E-state index in [-0.39, 0.29) is 11.9 Å². The number of benzene rings is 2. The van der Waals surface area contributed by atoms with Crippen molar-refractivity contribution in [1.82, 2.24) is 15.0 Å². The zero-order valence-electron chi connectivity index (χ0n) is 16.5. The number of nitrogens with zero attached hydrogens (tertiary/aromatic N) is 2. The smallest absolute Gasteiger partial charge is 0.130 e. The highest BCUT2D eigenvalue weighted by Gasteiger charge is 2.59. The second-order valence-electron chi connectivity index (χ2n) is 8.66. The average Bonchev–Trinajstić information content (AvgIpc) is 3.06. The lowest BCUT2D eigenvalue weighted by atomic mass is 9.97. The topological polar surface area (TPSA) is 50.8 Å². The average molecular weight is 422 g/mol. The van der Waals surface area contributed by atoms with Gasteiger partial charge in [-0.15, -0.1) is 0 Å². The number of aromatic nitrogens is 3. The number of ether oxygens (including phenoxy) is 1. The van der Waals surface area contributed by atoms with Crippen LogP contribution in [0.4, 0.5) is 4.39 Å². The van der Waals surface area contributed by atoms with E-state index in [1.165, 1.54) is 12.1 Å². The van der Waals surface area contributed by atoms with Gasteiger partial charge in [0.05, 0.1) is 22.7 Å². The summed E-state index contributed by atoms with van der Waals surface area (Å²) < 4.78 is 20.0. The predicted molar refractivity (Wildman–Crippen MR) is 115 cm³/mol. The van der Waals surface area contributed by atoms with Gasteiger partial charge in [0.1, 0.15) is 17.4 Å². The van der Waals surface area contributed by atoms with Gasteiger partial charge in [-0.25, -0.2) is 9.37 Å². The minimum atomic E-state index is -0.268. The van der Waals surface area contributed by atoms with E-state index in [0.29, 0.717) is 23.7 Å². The summed E-state index contributed by atoms with van der Waals surface area (Å²) in [6.45, 7) is 2.26. The first-order valence-corrected chi connectivity index (χ1v) is 10.8. The van der Waals surface area contributed by atoms with Crippen LogP contribution in [0.5, 0.6) is 5.75 Å². The fraction of sp³-hybridized carbons (Fsp3) is 0.333. The van der Waals surface area contributed by atoms with Crippen LogP contribution in [0.2, 0.25) is 5.02 Å². The van der Waals surface area contributed by atoms with Crippen LogP contribution in [0.3, 0.4) is 0 Å². The van der Waals surface area contributed by atoms with Crippen LogP contribution in [0, 0.1) is 23.6 Å². The molecule has 0 amide bonds. The number of hydrogen-bond acceptors (Lipinski definition) is 3. The lowest BCUT2D eigenvalue weighted by Crippen LogP contribution is -2.17. The molecule has 30 heavy (non-hydrogen) atoms. The highest BCUT2D eigenvalue weighted by Crippen LogP contribution is 2.63. The highest BCUT2D eigenvalue weighted by molar-refractivity contribution is 6.31. The van der Waals surface area contributed by atoms with Crippen molar-refractivity contribution in [3.05, 3.63) is 65.3 Å². The van der Waals surface area contributed by atoms with Gasteiger partial charge in [0.15, 0.2) is 0 Å². The molecule has 5 atom stereocenters. The van der Waals surface area contributed by atoms with Crippen molar-refractivity contribution in [3.8, 4) is 5.75 Å². The van der Waals surface area contributed by atoms with Gasteiger partial charge in [0.2, 0.25) is 0 Å². The van der Waals surface area contributed by atoms with Gasteiger partial charge in [-0.2, -0.15) is 0 Å². The number of halogens is 2. The maximum absolute atomic E-state index is 13.7. The maximum Gasteiger partial charge on any atom is 0.130 e. The number of nitrogens with one attached hydrogen (secondary N) is 1. The van der Waals surface area contributed by atoms with E-state index in [1.54, 1.807) is 12.3 Å². The zero-order chi connectivity index (χ0) is 20.4. The quantitative estimate of drug-likeness (QED) is 0.432. The summed E-state index contributed by atoms with van der Waals surface area (Å²) in [5.41, 5.74) is 2.71. The number of aromatic amines is 1. The van der Waals surface area contributed by atoms with E-state index in [2.05, 4.69) is 16.9 Å². The van der Waals surface area contributed by atoms with Crippen LogP contribution in [-0.2, 0) is 0 Å². The molecule has 0 radical (unpaired) electrons. The van der Waals surface area contributed by atoms with Gasteiger partial charge in [0, 0.05) is 22.5 Å². The van der Waals surface area contributed by atoms with E-state index in [1.807, 2.05) is 24.3 Å². The molecule has 4 aromatic rings. The molecule has 0 saturated heterocycles. The molecular formula is C24H21ClFN3O. The van der Waals surface area contributed by atoms with E-state index < -0.39 is 0 Å². The third kappa shape index (κ3) is 2.95. The third-order valence-electron chi connectivity index (χ3n) is 6.90. The van der Waals surface area contributed by atoms with Crippen LogP contribution in [0.1, 0.15) is 31.5 Å². The Morgan fingerprint density at radius 1 is 1.10 bits per heavy atom. The van der Waals surface area contributed by atoms with Crippen molar-refractivity contribution in [1.29, 1.82) is 0 Å². The molecule has 4 nitrogen and oxygen atoms in total. The fourth-order valence-corrected chi connectivity index (χ4v) is 5.63. The molecule has 2 heterocycles. The summed E-state index contributed by atoms with van der Waals surface area (Å²) in [6.07, 6.45) is 3.96. The molecule has 2 aromatic carbocycles. The Morgan fingerprint density at radius 3 is 2.73 bits per heavy atom. The summed E-state index contributed by atoms with van der Waals surface area (Å²) >= 11 is 6.10. The second-order valence-corrected chi connectivity index (χ2v) is 9.10. The first kappa shape index (κ1) is 18.1. The van der Waals surface area contributed by atoms with Crippen LogP contribution in [0.25, 0.3) is 21.9 Å². The van der Waals surface area contributed by atoms with E-state index in [4.69, 9.17) is 21.3 Å². The molecule has 2 aliphatic carbocycles. The summed E-state index contributed by atoms with van der Waals surface area (Å²) in [4.78, 5) is 12.5. The second kappa shape index (κ2) is 6.67. The SMILES string of the molecule is CC(c1nc2ccc(Cl)cc2[nH]1)C1[C@H]2CC(Oc3ccnc4ccc(F)cc34)C[C@@H]12. The molecule has 2 aromatic heterocycles. The van der Waals surface area contributed by atoms with Crippen molar-refractivity contribution in [2.75, 3.05) is 0 Å². The van der Waals surface area contributed by atoms with Gasteiger partial charge >= 0.3 is 0 Å². The third-order valence-corrected chi connectivity index (χ3v) is 7.13.